The number of ether oxygens (including phenoxy) is 2. The molecule has 5 nitrogen and oxygen atoms in total. The van der Waals surface area contributed by atoms with Gasteiger partial charge in [-0.1, -0.05) is 37.3 Å². The van der Waals surface area contributed by atoms with E-state index in [0.717, 1.165) is 5.56 Å². The molecule has 1 aromatic rings. The molecule has 0 saturated carbocycles. The second kappa shape index (κ2) is 9.53. The minimum absolute atomic E-state index is 0.123. The summed E-state index contributed by atoms with van der Waals surface area (Å²) in [6.07, 6.45) is 0.124. The topological polar surface area (TPSA) is 67.8 Å². The fraction of sp³-hybridized carbons (Fsp3) is 0.611. The third kappa shape index (κ3) is 9.21. The summed E-state index contributed by atoms with van der Waals surface area (Å²) in [5, 5.41) is 12.1. The summed E-state index contributed by atoms with van der Waals surface area (Å²) in [7, 11) is 0. The lowest BCUT2D eigenvalue weighted by Gasteiger charge is -2.24. The summed E-state index contributed by atoms with van der Waals surface area (Å²) in [6, 6.07) is 9.64. The van der Waals surface area contributed by atoms with Crippen LogP contribution in [0.2, 0.25) is 0 Å². The molecule has 0 fully saturated rings. The van der Waals surface area contributed by atoms with Crippen molar-refractivity contribution < 1.29 is 19.4 Å². The largest absolute Gasteiger partial charge is 0.444 e. The van der Waals surface area contributed by atoms with Crippen molar-refractivity contribution in [2.24, 2.45) is 5.92 Å². The highest BCUT2D eigenvalue weighted by atomic mass is 16.6. The smallest absolute Gasteiger partial charge is 0.407 e. The van der Waals surface area contributed by atoms with Crippen molar-refractivity contribution in [3.05, 3.63) is 35.9 Å². The average Bonchev–Trinajstić information content (AvgIpc) is 2.45. The quantitative estimate of drug-likeness (QED) is 0.771. The van der Waals surface area contributed by atoms with Gasteiger partial charge in [0.2, 0.25) is 0 Å². The first kappa shape index (κ1) is 19.5. The molecule has 1 rings (SSSR count). The summed E-state index contributed by atoms with van der Waals surface area (Å²) >= 11 is 0. The summed E-state index contributed by atoms with van der Waals surface area (Å²) in [6.45, 7) is 8.46. The third-order valence-corrected chi connectivity index (χ3v) is 3.14. The fourth-order valence-electron chi connectivity index (χ4n) is 2.16. The number of alkyl carbamates (subject to hydrolysis) is 1. The van der Waals surface area contributed by atoms with Gasteiger partial charge in [0.05, 0.1) is 19.3 Å². The second-order valence-electron chi connectivity index (χ2n) is 6.87. The number of hydrogen-bond donors (Lipinski definition) is 2. The van der Waals surface area contributed by atoms with Crippen LogP contribution in [-0.4, -0.2) is 36.1 Å². The average molecular weight is 323 g/mol. The molecule has 0 aliphatic rings. The predicted molar refractivity (Wildman–Crippen MR) is 90.1 cm³/mol. The van der Waals surface area contributed by atoms with Gasteiger partial charge in [0, 0.05) is 6.61 Å². The van der Waals surface area contributed by atoms with E-state index < -0.39 is 11.7 Å². The monoisotopic (exact) mass is 323 g/mol. The number of carbonyl (C=O) groups excluding carboxylic acids is 1. The number of benzene rings is 1. The van der Waals surface area contributed by atoms with Crippen LogP contribution in [0.15, 0.2) is 30.3 Å². The molecule has 0 aliphatic heterocycles. The molecule has 2 atom stereocenters. The van der Waals surface area contributed by atoms with Crippen LogP contribution in [0.5, 0.6) is 0 Å². The van der Waals surface area contributed by atoms with E-state index in [4.69, 9.17) is 9.47 Å². The molecule has 0 bridgehead atoms. The lowest BCUT2D eigenvalue weighted by Crippen LogP contribution is -2.42. The van der Waals surface area contributed by atoms with Crippen molar-refractivity contribution >= 4 is 6.09 Å². The highest BCUT2D eigenvalue weighted by molar-refractivity contribution is 5.68. The Morgan fingerprint density at radius 2 is 1.91 bits per heavy atom. The third-order valence-electron chi connectivity index (χ3n) is 3.14. The first-order valence-electron chi connectivity index (χ1n) is 8.02. The molecule has 5 heteroatoms. The molecule has 1 aromatic carbocycles. The molecule has 1 amide bonds. The predicted octanol–water partition coefficient (Wildman–Crippen LogP) is 3.12. The van der Waals surface area contributed by atoms with Crippen molar-refractivity contribution in [1.29, 1.82) is 0 Å². The zero-order chi connectivity index (χ0) is 17.3. The van der Waals surface area contributed by atoms with E-state index in [0.29, 0.717) is 19.6 Å². The fourth-order valence-corrected chi connectivity index (χ4v) is 2.16. The number of aliphatic hydroxyl groups is 1. The standard InChI is InChI=1S/C18H29NO4/c1-14(12-22-13-15-8-6-5-7-9-15)10-16(11-20)19-17(21)23-18(2,3)4/h5-9,14,16,20H,10-13H2,1-4H3,(H,19,21). The van der Waals surface area contributed by atoms with Gasteiger partial charge in [-0.3, -0.25) is 0 Å². The lowest BCUT2D eigenvalue weighted by molar-refractivity contribution is 0.0448. The van der Waals surface area contributed by atoms with Crippen LogP contribution < -0.4 is 5.32 Å². The van der Waals surface area contributed by atoms with Crippen molar-refractivity contribution in [3.63, 3.8) is 0 Å². The summed E-state index contributed by atoms with van der Waals surface area (Å²) in [5.41, 5.74) is 0.583. The van der Waals surface area contributed by atoms with Gasteiger partial charge in [-0.2, -0.15) is 0 Å². The highest BCUT2D eigenvalue weighted by Gasteiger charge is 2.20. The molecular weight excluding hydrogens is 294 g/mol. The van der Waals surface area contributed by atoms with E-state index >= 15 is 0 Å². The van der Waals surface area contributed by atoms with Gasteiger partial charge in [0.25, 0.3) is 0 Å². The SMILES string of the molecule is CC(COCc1ccccc1)CC(CO)NC(=O)OC(C)(C)C. The van der Waals surface area contributed by atoms with E-state index in [2.05, 4.69) is 5.32 Å². The molecule has 2 unspecified atom stereocenters. The number of rotatable bonds is 8. The van der Waals surface area contributed by atoms with Gasteiger partial charge < -0.3 is 19.9 Å². The molecule has 0 radical (unpaired) electrons. The first-order chi connectivity index (χ1) is 10.8. The van der Waals surface area contributed by atoms with E-state index in [1.165, 1.54) is 0 Å². The maximum atomic E-state index is 11.7. The Bertz CT molecular complexity index is 456. The number of amides is 1. The summed E-state index contributed by atoms with van der Waals surface area (Å²) < 4.78 is 10.9. The Balaban J connectivity index is 2.29. The van der Waals surface area contributed by atoms with Gasteiger partial charge in [-0.15, -0.1) is 0 Å². The second-order valence-corrected chi connectivity index (χ2v) is 6.87. The zero-order valence-corrected chi connectivity index (χ0v) is 14.5. The maximum absolute atomic E-state index is 11.7. The number of carbonyl (C=O) groups is 1. The Morgan fingerprint density at radius 1 is 1.26 bits per heavy atom. The first-order valence-corrected chi connectivity index (χ1v) is 8.02. The number of nitrogens with one attached hydrogen (secondary N) is 1. The van der Waals surface area contributed by atoms with Crippen LogP contribution in [0.1, 0.15) is 39.7 Å². The van der Waals surface area contributed by atoms with Crippen LogP contribution in [0.25, 0.3) is 0 Å². The van der Waals surface area contributed by atoms with Gasteiger partial charge in [0.1, 0.15) is 5.60 Å². The normalized spacial score (nSPS) is 14.1. The molecule has 0 spiro atoms. The van der Waals surface area contributed by atoms with Crippen molar-refractivity contribution in [2.45, 2.75) is 52.4 Å². The van der Waals surface area contributed by atoms with E-state index in [1.54, 1.807) is 20.8 Å². The highest BCUT2D eigenvalue weighted by Crippen LogP contribution is 2.11. The molecule has 2 N–H and O–H groups in total. The van der Waals surface area contributed by atoms with Crippen molar-refractivity contribution in [2.75, 3.05) is 13.2 Å². The zero-order valence-electron chi connectivity index (χ0n) is 14.5. The number of hydrogen-bond acceptors (Lipinski definition) is 4. The molecular formula is C18H29NO4. The van der Waals surface area contributed by atoms with Gasteiger partial charge in [0.15, 0.2) is 0 Å². The molecule has 130 valence electrons. The van der Waals surface area contributed by atoms with Gasteiger partial charge in [-0.25, -0.2) is 4.79 Å². The van der Waals surface area contributed by atoms with Crippen LogP contribution in [0.3, 0.4) is 0 Å². The van der Waals surface area contributed by atoms with Gasteiger partial charge >= 0.3 is 6.09 Å². The Labute approximate surface area is 139 Å². The van der Waals surface area contributed by atoms with Crippen molar-refractivity contribution in [3.8, 4) is 0 Å². The van der Waals surface area contributed by atoms with Crippen LogP contribution in [0.4, 0.5) is 4.79 Å². The molecule has 0 heterocycles. The van der Waals surface area contributed by atoms with Crippen LogP contribution in [0, 0.1) is 5.92 Å². The molecule has 0 aliphatic carbocycles. The minimum atomic E-state index is -0.547. The van der Waals surface area contributed by atoms with E-state index in [-0.39, 0.29) is 18.6 Å². The van der Waals surface area contributed by atoms with Crippen LogP contribution in [-0.2, 0) is 16.1 Å². The molecule has 0 saturated heterocycles. The molecule has 23 heavy (non-hydrogen) atoms. The summed E-state index contributed by atoms with van der Waals surface area (Å²) in [5.74, 6) is 0.214. The Hall–Kier alpha value is -1.59. The summed E-state index contributed by atoms with van der Waals surface area (Å²) in [4.78, 5) is 11.7. The minimum Gasteiger partial charge on any atom is -0.444 e. The van der Waals surface area contributed by atoms with E-state index in [9.17, 15) is 9.90 Å². The number of aliphatic hydroxyl groups excluding tert-OH is 1. The Morgan fingerprint density at radius 3 is 2.48 bits per heavy atom. The Kier molecular flexibility index (Phi) is 8.06. The maximum Gasteiger partial charge on any atom is 0.407 e. The van der Waals surface area contributed by atoms with Crippen molar-refractivity contribution in [1.82, 2.24) is 5.32 Å². The van der Waals surface area contributed by atoms with Crippen LogP contribution >= 0.6 is 0 Å². The van der Waals surface area contributed by atoms with Gasteiger partial charge in [-0.05, 0) is 38.7 Å². The van der Waals surface area contributed by atoms with E-state index in [1.807, 2.05) is 37.3 Å². The lowest BCUT2D eigenvalue weighted by atomic mass is 10.0. The molecule has 0 aromatic heterocycles.